The number of aromatic nitrogens is 1. The second-order valence-electron chi connectivity index (χ2n) is 13.6. The maximum Gasteiger partial charge on any atom is 0.345 e. The first kappa shape index (κ1) is 31.3. The highest BCUT2D eigenvalue weighted by Gasteiger charge is 2.70. The average molecular weight is 636 g/mol. The summed E-state index contributed by atoms with van der Waals surface area (Å²) in [5.74, 6) is -1.23. The van der Waals surface area contributed by atoms with E-state index in [2.05, 4.69) is 25.8 Å². The topological polar surface area (TPSA) is 125 Å². The number of fused-ring (bicyclic) bond motifs is 4. The summed E-state index contributed by atoms with van der Waals surface area (Å²) in [5, 5.41) is 12.6. The van der Waals surface area contributed by atoms with Crippen LogP contribution in [0.15, 0.2) is 64.1 Å². The molecule has 3 heterocycles. The molecule has 10 heteroatoms. The Balaban J connectivity index is 1.50. The number of rotatable bonds is 5. The van der Waals surface area contributed by atoms with Crippen LogP contribution in [0.1, 0.15) is 75.9 Å². The number of carbonyl (C=O) groups is 2. The van der Waals surface area contributed by atoms with E-state index in [4.69, 9.17) is 30.2 Å². The third-order valence-corrected chi connectivity index (χ3v) is 11.2. The van der Waals surface area contributed by atoms with Crippen LogP contribution in [-0.2, 0) is 14.3 Å². The maximum absolute atomic E-state index is 13.6. The summed E-state index contributed by atoms with van der Waals surface area (Å²) in [6.45, 7) is 9.75. The Labute approximate surface area is 266 Å². The summed E-state index contributed by atoms with van der Waals surface area (Å²) in [5.41, 5.74) is -2.17. The SMILES string of the molecule is CC(=O)OC[C@@]1(C)C2C[C@H](OC(=O)c3cccc(Cl)c3)[C@@]3(C)Oc4cc(-c5cccnc5)oc(=O)c4[C@H](O)C3[C@@]2(C)CC[C@@H]1C. The van der Waals surface area contributed by atoms with Crippen molar-refractivity contribution in [1.29, 1.82) is 0 Å². The molecule has 0 spiro atoms. The van der Waals surface area contributed by atoms with Gasteiger partial charge in [0, 0.05) is 47.3 Å². The molecule has 2 unspecified atom stereocenters. The summed E-state index contributed by atoms with van der Waals surface area (Å²) >= 11 is 6.20. The number of carbonyl (C=O) groups excluding carboxylic acids is 2. The zero-order valence-corrected chi connectivity index (χ0v) is 26.8. The second-order valence-corrected chi connectivity index (χ2v) is 14.0. The zero-order chi connectivity index (χ0) is 32.3. The lowest BCUT2D eigenvalue weighted by Crippen LogP contribution is -2.70. The Hall–Kier alpha value is -3.69. The van der Waals surface area contributed by atoms with Crippen LogP contribution in [-0.4, -0.2) is 40.3 Å². The molecule has 238 valence electrons. The largest absolute Gasteiger partial charge is 0.482 e. The molecule has 3 aliphatic rings. The summed E-state index contributed by atoms with van der Waals surface area (Å²) in [6, 6.07) is 11.6. The molecule has 1 N–H and O–H groups in total. The summed E-state index contributed by atoms with van der Waals surface area (Å²) in [6.07, 6.45) is 2.97. The van der Waals surface area contributed by atoms with Crippen molar-refractivity contribution in [3.8, 4) is 17.1 Å². The lowest BCUT2D eigenvalue weighted by Gasteiger charge is -2.66. The number of benzene rings is 1. The lowest BCUT2D eigenvalue weighted by molar-refractivity contribution is -0.257. The van der Waals surface area contributed by atoms with E-state index in [0.29, 0.717) is 17.0 Å². The summed E-state index contributed by atoms with van der Waals surface area (Å²) in [7, 11) is 0. The first-order valence-corrected chi connectivity index (χ1v) is 15.7. The van der Waals surface area contributed by atoms with E-state index < -0.39 is 46.2 Å². The first-order chi connectivity index (χ1) is 21.3. The molecule has 2 aliphatic carbocycles. The highest BCUT2D eigenvalue weighted by molar-refractivity contribution is 6.30. The number of pyridine rings is 1. The fourth-order valence-electron chi connectivity index (χ4n) is 8.51. The van der Waals surface area contributed by atoms with Gasteiger partial charge in [-0.25, -0.2) is 9.59 Å². The van der Waals surface area contributed by atoms with E-state index >= 15 is 0 Å². The van der Waals surface area contributed by atoms with Crippen molar-refractivity contribution in [3.05, 3.63) is 81.4 Å². The Bertz CT molecular complexity index is 1690. The molecule has 0 saturated heterocycles. The van der Waals surface area contributed by atoms with Crippen molar-refractivity contribution in [3.63, 3.8) is 0 Å². The smallest absolute Gasteiger partial charge is 0.345 e. The zero-order valence-electron chi connectivity index (χ0n) is 26.0. The molecule has 9 nitrogen and oxygen atoms in total. The highest BCUT2D eigenvalue weighted by Crippen LogP contribution is 2.68. The standard InChI is InChI=1S/C35H38ClNO8/c1-19-11-12-33(3)26(34(19,4)18-42-20(2)38)16-27(44-31(40)21-8-6-10-23(36)14-21)35(5)30(33)29(39)28-25(45-35)15-24(43-32(28)41)22-9-7-13-37-17-22/h6-10,13-15,17,19,26-27,29-30,39H,11-12,16,18H2,1-5H3/t19-,26?,27-,29-,30?,33-,34+,35+/m0/s1. The van der Waals surface area contributed by atoms with Crippen LogP contribution in [0.5, 0.6) is 5.75 Å². The van der Waals surface area contributed by atoms with Gasteiger partial charge in [0.25, 0.3) is 0 Å². The van der Waals surface area contributed by atoms with Crippen molar-refractivity contribution >= 4 is 23.5 Å². The van der Waals surface area contributed by atoms with Crippen LogP contribution < -0.4 is 10.4 Å². The minimum atomic E-state index is -1.29. The monoisotopic (exact) mass is 635 g/mol. The molecule has 1 aromatic carbocycles. The van der Waals surface area contributed by atoms with E-state index in [9.17, 15) is 19.5 Å². The number of hydrogen-bond acceptors (Lipinski definition) is 9. The Morgan fingerprint density at radius 1 is 1.16 bits per heavy atom. The summed E-state index contributed by atoms with van der Waals surface area (Å²) < 4.78 is 24.4. The molecule has 0 radical (unpaired) electrons. The van der Waals surface area contributed by atoms with E-state index in [1.807, 2.05) is 6.92 Å². The predicted molar refractivity (Wildman–Crippen MR) is 166 cm³/mol. The fraction of sp³-hybridized carbons (Fsp3) is 0.486. The van der Waals surface area contributed by atoms with Gasteiger partial charge in [-0.15, -0.1) is 0 Å². The third-order valence-electron chi connectivity index (χ3n) is 11.0. The van der Waals surface area contributed by atoms with Crippen molar-refractivity contribution in [2.45, 2.75) is 71.7 Å². The quantitative estimate of drug-likeness (QED) is 0.317. The fourth-order valence-corrected chi connectivity index (χ4v) is 8.70. The van der Waals surface area contributed by atoms with Gasteiger partial charge in [-0.2, -0.15) is 0 Å². The number of esters is 2. The molecule has 2 fully saturated rings. The number of aliphatic hydroxyl groups is 1. The van der Waals surface area contributed by atoms with Gasteiger partial charge in [-0.3, -0.25) is 9.78 Å². The van der Waals surface area contributed by atoms with Crippen molar-refractivity contribution in [1.82, 2.24) is 4.98 Å². The highest BCUT2D eigenvalue weighted by atomic mass is 35.5. The number of hydrogen-bond donors (Lipinski definition) is 1. The normalized spacial score (nSPS) is 33.5. The Morgan fingerprint density at radius 2 is 1.93 bits per heavy atom. The molecular weight excluding hydrogens is 598 g/mol. The van der Waals surface area contributed by atoms with Crippen molar-refractivity contribution in [2.75, 3.05) is 6.61 Å². The second kappa shape index (κ2) is 11.3. The van der Waals surface area contributed by atoms with E-state index in [-0.39, 0.29) is 47.0 Å². The van der Waals surface area contributed by atoms with Crippen molar-refractivity contribution in [2.24, 2.45) is 28.6 Å². The van der Waals surface area contributed by atoms with E-state index in [0.717, 1.165) is 12.8 Å². The van der Waals surface area contributed by atoms with Gasteiger partial charge in [0.05, 0.1) is 18.3 Å². The molecule has 1 aliphatic heterocycles. The van der Waals surface area contributed by atoms with Crippen LogP contribution >= 0.6 is 11.6 Å². The minimum absolute atomic E-state index is 0.0345. The van der Waals surface area contributed by atoms with Crippen LogP contribution in [0.2, 0.25) is 5.02 Å². The number of ether oxygens (including phenoxy) is 3. The Morgan fingerprint density at radius 3 is 2.62 bits per heavy atom. The van der Waals surface area contributed by atoms with Crippen LogP contribution in [0.3, 0.4) is 0 Å². The average Bonchev–Trinajstić information content (AvgIpc) is 2.99. The molecule has 2 saturated carbocycles. The van der Waals surface area contributed by atoms with Crippen LogP contribution in [0, 0.1) is 28.6 Å². The molecule has 0 bridgehead atoms. The summed E-state index contributed by atoms with van der Waals surface area (Å²) in [4.78, 5) is 43.3. The van der Waals surface area contributed by atoms with Gasteiger partial charge in [0.2, 0.25) is 0 Å². The maximum atomic E-state index is 13.6. The Kier molecular flexibility index (Phi) is 7.85. The first-order valence-electron chi connectivity index (χ1n) is 15.3. The molecule has 45 heavy (non-hydrogen) atoms. The number of aliphatic hydroxyl groups excluding tert-OH is 1. The number of nitrogens with zero attached hydrogens (tertiary/aromatic N) is 1. The van der Waals surface area contributed by atoms with E-state index in [1.165, 1.54) is 6.92 Å². The molecular formula is C35H38ClNO8. The van der Waals surface area contributed by atoms with Gasteiger partial charge >= 0.3 is 17.6 Å². The van der Waals surface area contributed by atoms with Crippen LogP contribution in [0.4, 0.5) is 0 Å². The van der Waals surface area contributed by atoms with E-state index in [1.54, 1.807) is 54.9 Å². The molecule has 0 amide bonds. The molecule has 3 aromatic rings. The number of halogens is 1. The van der Waals surface area contributed by atoms with Gasteiger partial charge in [-0.1, -0.05) is 38.4 Å². The minimum Gasteiger partial charge on any atom is -0.482 e. The van der Waals surface area contributed by atoms with Crippen LogP contribution in [0.25, 0.3) is 11.3 Å². The van der Waals surface area contributed by atoms with Gasteiger partial charge in [0.15, 0.2) is 0 Å². The van der Waals surface area contributed by atoms with Gasteiger partial charge in [-0.05, 0) is 73.8 Å². The van der Waals surface area contributed by atoms with Crippen molar-refractivity contribution < 1.29 is 33.3 Å². The molecule has 8 atom stereocenters. The molecule has 2 aromatic heterocycles. The lowest BCUT2D eigenvalue weighted by atomic mass is 9.41. The predicted octanol–water partition coefficient (Wildman–Crippen LogP) is 6.41. The molecule has 6 rings (SSSR count). The van der Waals surface area contributed by atoms with Gasteiger partial charge in [0.1, 0.15) is 28.8 Å². The van der Waals surface area contributed by atoms with Gasteiger partial charge < -0.3 is 23.7 Å². The third kappa shape index (κ3) is 5.14.